The highest BCUT2D eigenvalue weighted by Crippen LogP contribution is 2.46. The first-order valence-electron chi connectivity index (χ1n) is 5.60. The smallest absolute Gasteiger partial charge is 0.0277 e. The molecule has 0 N–H and O–H groups in total. The van der Waals surface area contributed by atoms with Crippen LogP contribution in [0.2, 0.25) is 0 Å². The number of hydrogen-bond donors (Lipinski definition) is 0. The van der Waals surface area contributed by atoms with Crippen molar-refractivity contribution in [1.29, 1.82) is 0 Å². The Hall–Kier alpha value is 0. The molecule has 0 aromatic carbocycles. The van der Waals surface area contributed by atoms with E-state index in [0.717, 1.165) is 11.8 Å². The summed E-state index contributed by atoms with van der Waals surface area (Å²) in [5, 5.41) is 0. The van der Waals surface area contributed by atoms with Crippen molar-refractivity contribution in [3.8, 4) is 0 Å². The van der Waals surface area contributed by atoms with E-state index < -0.39 is 0 Å². The van der Waals surface area contributed by atoms with Gasteiger partial charge in [0.2, 0.25) is 0 Å². The normalized spacial score (nSPS) is 37.2. The third kappa shape index (κ3) is 1.84. The minimum absolute atomic E-state index is 0.701. The van der Waals surface area contributed by atoms with Gasteiger partial charge in [-0.05, 0) is 30.1 Å². The minimum atomic E-state index is 0.701. The summed E-state index contributed by atoms with van der Waals surface area (Å²) in [5.74, 6) is 1.87. The van der Waals surface area contributed by atoms with Gasteiger partial charge >= 0.3 is 0 Å². The summed E-state index contributed by atoms with van der Waals surface area (Å²) in [4.78, 5) is 0. The summed E-state index contributed by atoms with van der Waals surface area (Å²) in [7, 11) is 0. The first-order valence-corrected chi connectivity index (χ1v) is 5.60. The van der Waals surface area contributed by atoms with Crippen molar-refractivity contribution in [2.75, 3.05) is 0 Å². The van der Waals surface area contributed by atoms with Crippen molar-refractivity contribution in [2.24, 2.45) is 17.3 Å². The lowest BCUT2D eigenvalue weighted by Crippen LogP contribution is -2.31. The lowest BCUT2D eigenvalue weighted by atomic mass is 9.63. The van der Waals surface area contributed by atoms with Crippen LogP contribution in [0.25, 0.3) is 0 Å². The third-order valence-electron chi connectivity index (χ3n) is 4.20. The molecule has 0 nitrogen and oxygen atoms in total. The summed E-state index contributed by atoms with van der Waals surface area (Å²) in [6, 6.07) is 0. The first kappa shape index (κ1) is 10.1. The van der Waals surface area contributed by atoms with Crippen LogP contribution >= 0.6 is 0 Å². The second-order valence-electron chi connectivity index (χ2n) is 5.05. The maximum atomic E-state index is 2.40. The van der Waals surface area contributed by atoms with Crippen LogP contribution in [0.4, 0.5) is 0 Å². The average Bonchev–Trinajstić information content (AvgIpc) is 2.06. The molecule has 1 aliphatic carbocycles. The van der Waals surface area contributed by atoms with E-state index in [1.807, 2.05) is 0 Å². The van der Waals surface area contributed by atoms with Gasteiger partial charge in [0.1, 0.15) is 0 Å². The lowest BCUT2D eigenvalue weighted by molar-refractivity contribution is 0.0902. The third-order valence-corrected chi connectivity index (χ3v) is 4.20. The van der Waals surface area contributed by atoms with Crippen LogP contribution in [0.3, 0.4) is 0 Å². The topological polar surface area (TPSA) is 0 Å². The van der Waals surface area contributed by atoms with Crippen LogP contribution in [-0.4, -0.2) is 0 Å². The molecular formula is C12H24. The van der Waals surface area contributed by atoms with Crippen LogP contribution in [0.15, 0.2) is 0 Å². The number of rotatable bonds is 2. The average molecular weight is 168 g/mol. The zero-order valence-corrected chi connectivity index (χ0v) is 9.19. The van der Waals surface area contributed by atoms with Gasteiger partial charge in [0, 0.05) is 0 Å². The summed E-state index contributed by atoms with van der Waals surface area (Å²) in [6.07, 6.45) is 7.26. The zero-order valence-electron chi connectivity index (χ0n) is 9.19. The Balaban J connectivity index is 2.57. The molecule has 1 aliphatic rings. The van der Waals surface area contributed by atoms with Crippen LogP contribution in [0, 0.1) is 17.3 Å². The van der Waals surface area contributed by atoms with Gasteiger partial charge < -0.3 is 0 Å². The molecule has 0 aromatic heterocycles. The minimum Gasteiger partial charge on any atom is -0.0648 e. The summed E-state index contributed by atoms with van der Waals surface area (Å²) < 4.78 is 0. The molecule has 0 heteroatoms. The Bertz CT molecular complexity index is 127. The maximum absolute atomic E-state index is 2.40. The van der Waals surface area contributed by atoms with E-state index in [1.165, 1.54) is 32.1 Å². The van der Waals surface area contributed by atoms with Crippen LogP contribution in [-0.2, 0) is 0 Å². The Morgan fingerprint density at radius 2 is 1.75 bits per heavy atom. The van der Waals surface area contributed by atoms with Gasteiger partial charge in [-0.1, -0.05) is 47.0 Å². The van der Waals surface area contributed by atoms with Gasteiger partial charge in [-0.3, -0.25) is 0 Å². The molecule has 1 saturated carbocycles. The molecule has 72 valence electrons. The Kier molecular flexibility index (Phi) is 3.20. The molecular weight excluding hydrogens is 144 g/mol. The highest BCUT2D eigenvalue weighted by molar-refractivity contribution is 4.85. The molecule has 0 heterocycles. The number of hydrogen-bond acceptors (Lipinski definition) is 0. The Morgan fingerprint density at radius 3 is 2.08 bits per heavy atom. The van der Waals surface area contributed by atoms with Crippen molar-refractivity contribution in [2.45, 2.75) is 59.8 Å². The predicted octanol–water partition coefficient (Wildman–Crippen LogP) is 4.25. The molecule has 0 atom stereocenters. The predicted molar refractivity (Wildman–Crippen MR) is 55.2 cm³/mol. The van der Waals surface area contributed by atoms with Crippen molar-refractivity contribution in [1.82, 2.24) is 0 Å². The molecule has 0 aliphatic heterocycles. The van der Waals surface area contributed by atoms with Crippen LogP contribution < -0.4 is 0 Å². The van der Waals surface area contributed by atoms with Crippen molar-refractivity contribution < 1.29 is 0 Å². The van der Waals surface area contributed by atoms with Gasteiger partial charge in [-0.2, -0.15) is 0 Å². The zero-order chi connectivity index (χ0) is 9.19. The Labute approximate surface area is 77.7 Å². The quantitative estimate of drug-likeness (QED) is 0.578. The van der Waals surface area contributed by atoms with Crippen LogP contribution in [0.1, 0.15) is 59.8 Å². The summed E-state index contributed by atoms with van der Waals surface area (Å²) in [5.41, 5.74) is 0.701. The second kappa shape index (κ2) is 3.81. The molecule has 0 bridgehead atoms. The standard InChI is InChI=1S/C12H24/c1-5-12(10(2)3)8-6-11(4)7-9-12/h10-11H,5-9H2,1-4H3. The van der Waals surface area contributed by atoms with E-state index in [-0.39, 0.29) is 0 Å². The van der Waals surface area contributed by atoms with Crippen molar-refractivity contribution >= 4 is 0 Å². The molecule has 0 spiro atoms. The maximum Gasteiger partial charge on any atom is -0.0277 e. The van der Waals surface area contributed by atoms with Crippen molar-refractivity contribution in [3.63, 3.8) is 0 Å². The van der Waals surface area contributed by atoms with Crippen molar-refractivity contribution in [3.05, 3.63) is 0 Å². The molecule has 0 saturated heterocycles. The van der Waals surface area contributed by atoms with E-state index in [0.29, 0.717) is 5.41 Å². The molecule has 0 radical (unpaired) electrons. The highest BCUT2D eigenvalue weighted by Gasteiger charge is 2.34. The summed E-state index contributed by atoms with van der Waals surface area (Å²) >= 11 is 0. The highest BCUT2D eigenvalue weighted by atomic mass is 14.4. The molecule has 1 rings (SSSR count). The molecule has 0 unspecified atom stereocenters. The fourth-order valence-corrected chi connectivity index (χ4v) is 2.68. The molecule has 12 heavy (non-hydrogen) atoms. The van der Waals surface area contributed by atoms with E-state index in [1.54, 1.807) is 0 Å². The van der Waals surface area contributed by atoms with E-state index >= 15 is 0 Å². The molecule has 0 amide bonds. The Morgan fingerprint density at radius 1 is 1.25 bits per heavy atom. The fraction of sp³-hybridized carbons (Fsp3) is 1.00. The monoisotopic (exact) mass is 168 g/mol. The van der Waals surface area contributed by atoms with E-state index in [4.69, 9.17) is 0 Å². The van der Waals surface area contributed by atoms with Gasteiger partial charge in [0.15, 0.2) is 0 Å². The van der Waals surface area contributed by atoms with Gasteiger partial charge in [0.25, 0.3) is 0 Å². The largest absolute Gasteiger partial charge is 0.0648 e. The van der Waals surface area contributed by atoms with Crippen LogP contribution in [0.5, 0.6) is 0 Å². The second-order valence-corrected chi connectivity index (χ2v) is 5.05. The van der Waals surface area contributed by atoms with E-state index in [2.05, 4.69) is 27.7 Å². The fourth-order valence-electron chi connectivity index (χ4n) is 2.68. The van der Waals surface area contributed by atoms with Gasteiger partial charge in [-0.15, -0.1) is 0 Å². The molecule has 0 aromatic rings. The first-order chi connectivity index (χ1) is 5.60. The molecule has 1 fully saturated rings. The summed E-state index contributed by atoms with van der Waals surface area (Å²) in [6.45, 7) is 9.58. The van der Waals surface area contributed by atoms with E-state index in [9.17, 15) is 0 Å². The SMILES string of the molecule is CCC1(C(C)C)CCC(C)CC1. The lowest BCUT2D eigenvalue weighted by Gasteiger charge is -2.42. The van der Waals surface area contributed by atoms with Gasteiger partial charge in [-0.25, -0.2) is 0 Å². The van der Waals surface area contributed by atoms with Gasteiger partial charge in [0.05, 0.1) is 0 Å².